The zero-order valence-corrected chi connectivity index (χ0v) is 23.9. The molecule has 16 heteroatoms. The summed E-state index contributed by atoms with van der Waals surface area (Å²) in [5, 5.41) is -0.471. The minimum absolute atomic E-state index is 0.0121. The van der Waals surface area contributed by atoms with E-state index < -0.39 is 38.9 Å². The summed E-state index contributed by atoms with van der Waals surface area (Å²) in [6.07, 6.45) is -5.32. The fourth-order valence-electron chi connectivity index (χ4n) is 2.98. The SMILES string of the molecule is CCCN(C(=O)Oc1c(OCCOC)cccc1Oc1ncc(C(F)(F)F)cc1Cl)S(=O)(=O)NCCOC(C)C. The summed E-state index contributed by atoms with van der Waals surface area (Å²) in [5.41, 5.74) is -1.10. The molecule has 0 aliphatic carbocycles. The van der Waals surface area contributed by atoms with Gasteiger partial charge in [0.1, 0.15) is 11.6 Å². The first-order valence-corrected chi connectivity index (χ1v) is 13.9. The maximum Gasteiger partial charge on any atom is 0.430 e. The number of para-hydroxylation sites is 1. The number of amides is 1. The lowest BCUT2D eigenvalue weighted by molar-refractivity contribution is -0.137. The van der Waals surface area contributed by atoms with Gasteiger partial charge >= 0.3 is 22.5 Å². The van der Waals surface area contributed by atoms with Crippen LogP contribution in [0.5, 0.6) is 23.1 Å². The summed E-state index contributed by atoms with van der Waals surface area (Å²) < 4.78 is 94.5. The van der Waals surface area contributed by atoms with E-state index in [0.717, 1.165) is 0 Å². The molecule has 0 aliphatic rings. The molecule has 1 amide bonds. The van der Waals surface area contributed by atoms with E-state index in [9.17, 15) is 26.4 Å². The second-order valence-electron chi connectivity index (χ2n) is 8.29. The van der Waals surface area contributed by atoms with Crippen molar-refractivity contribution in [1.82, 2.24) is 14.0 Å². The van der Waals surface area contributed by atoms with E-state index in [1.165, 1.54) is 25.3 Å². The van der Waals surface area contributed by atoms with Gasteiger partial charge in [-0.3, -0.25) is 0 Å². The van der Waals surface area contributed by atoms with Crippen molar-refractivity contribution in [1.29, 1.82) is 0 Å². The summed E-state index contributed by atoms with van der Waals surface area (Å²) >= 11 is 5.97. The Hall–Kier alpha value is -2.85. The summed E-state index contributed by atoms with van der Waals surface area (Å²) in [6.45, 7) is 5.14. The number of methoxy groups -OCH3 is 1. The Balaban J connectivity index is 2.39. The Morgan fingerprint density at radius 1 is 1.18 bits per heavy atom. The molecule has 0 atom stereocenters. The standard InChI is InChI=1S/C24H31ClF3N3O8S/c1-5-10-31(40(33,34)30-9-11-36-16(2)3)23(32)39-21-19(37-13-12-35-4)7-6-8-20(21)38-22-18(25)14-17(15-29-22)24(26,27)28/h6-8,14-16,30H,5,9-13H2,1-4H3. The van der Waals surface area contributed by atoms with Crippen LogP contribution in [0.1, 0.15) is 32.8 Å². The number of aromatic nitrogens is 1. The number of carbonyl (C=O) groups excluding carboxylic acids is 1. The minimum atomic E-state index is -4.69. The van der Waals surface area contributed by atoms with E-state index in [-0.39, 0.29) is 62.7 Å². The minimum Gasteiger partial charge on any atom is -0.487 e. The van der Waals surface area contributed by atoms with Gasteiger partial charge in [0.2, 0.25) is 11.6 Å². The third-order valence-corrected chi connectivity index (χ3v) is 6.53. The predicted molar refractivity (Wildman–Crippen MR) is 139 cm³/mol. The molecule has 224 valence electrons. The number of nitrogens with zero attached hydrogens (tertiary/aromatic N) is 2. The van der Waals surface area contributed by atoms with Crippen LogP contribution >= 0.6 is 11.6 Å². The number of nitrogens with one attached hydrogen (secondary N) is 1. The van der Waals surface area contributed by atoms with Crippen LogP contribution in [0.25, 0.3) is 0 Å². The molecule has 0 aliphatic heterocycles. The maximum atomic E-state index is 13.1. The second-order valence-corrected chi connectivity index (χ2v) is 10.4. The van der Waals surface area contributed by atoms with Gasteiger partial charge in [-0.2, -0.15) is 30.6 Å². The van der Waals surface area contributed by atoms with Crippen molar-refractivity contribution in [2.45, 2.75) is 39.5 Å². The van der Waals surface area contributed by atoms with Crippen molar-refractivity contribution in [2.75, 3.05) is 40.0 Å². The first-order chi connectivity index (χ1) is 18.8. The fraction of sp³-hybridized carbons (Fsp3) is 0.500. The van der Waals surface area contributed by atoms with Gasteiger partial charge in [-0.25, -0.2) is 9.78 Å². The van der Waals surface area contributed by atoms with Crippen LogP contribution in [0.15, 0.2) is 30.5 Å². The van der Waals surface area contributed by atoms with E-state index in [2.05, 4.69) is 9.71 Å². The zero-order valence-electron chi connectivity index (χ0n) is 22.3. The van der Waals surface area contributed by atoms with Gasteiger partial charge in [-0.1, -0.05) is 24.6 Å². The van der Waals surface area contributed by atoms with Crippen LogP contribution in [0, 0.1) is 0 Å². The molecule has 0 radical (unpaired) electrons. The van der Waals surface area contributed by atoms with Crippen LogP contribution in [-0.2, 0) is 25.9 Å². The quantitative estimate of drug-likeness (QED) is 0.275. The highest BCUT2D eigenvalue weighted by Crippen LogP contribution is 2.42. The third-order valence-electron chi connectivity index (χ3n) is 4.78. The maximum absolute atomic E-state index is 13.1. The number of rotatable bonds is 15. The lowest BCUT2D eigenvalue weighted by Crippen LogP contribution is -2.47. The monoisotopic (exact) mass is 613 g/mol. The van der Waals surface area contributed by atoms with E-state index >= 15 is 0 Å². The molecule has 1 aromatic carbocycles. The van der Waals surface area contributed by atoms with E-state index in [1.54, 1.807) is 20.8 Å². The highest BCUT2D eigenvalue weighted by Gasteiger charge is 2.33. The number of hydrogen-bond donors (Lipinski definition) is 1. The highest BCUT2D eigenvalue weighted by atomic mass is 35.5. The summed E-state index contributed by atoms with van der Waals surface area (Å²) in [4.78, 5) is 16.8. The van der Waals surface area contributed by atoms with Gasteiger partial charge in [0.15, 0.2) is 11.5 Å². The van der Waals surface area contributed by atoms with E-state index in [1.807, 2.05) is 0 Å². The number of halogens is 4. The summed E-state index contributed by atoms with van der Waals surface area (Å²) in [5.74, 6) is -1.06. The lowest BCUT2D eigenvalue weighted by Gasteiger charge is -2.23. The molecule has 0 bridgehead atoms. The van der Waals surface area contributed by atoms with Gasteiger partial charge in [0, 0.05) is 26.4 Å². The van der Waals surface area contributed by atoms with Crippen LogP contribution in [-0.4, -0.2) is 69.9 Å². The topological polar surface area (TPSA) is 126 Å². The molecule has 2 rings (SSSR count). The van der Waals surface area contributed by atoms with Crippen molar-refractivity contribution in [2.24, 2.45) is 0 Å². The van der Waals surface area contributed by atoms with Crippen LogP contribution in [0.2, 0.25) is 5.02 Å². The lowest BCUT2D eigenvalue weighted by atomic mass is 10.2. The number of benzene rings is 1. The van der Waals surface area contributed by atoms with Gasteiger partial charge < -0.3 is 23.7 Å². The van der Waals surface area contributed by atoms with Crippen molar-refractivity contribution >= 4 is 27.9 Å². The van der Waals surface area contributed by atoms with Gasteiger partial charge in [-0.05, 0) is 38.5 Å². The number of alkyl halides is 3. The Labute approximate surface area is 235 Å². The summed E-state index contributed by atoms with van der Waals surface area (Å²) in [7, 11) is -2.91. The molecule has 1 heterocycles. The van der Waals surface area contributed by atoms with Crippen LogP contribution in [0.3, 0.4) is 0 Å². The molecule has 0 saturated carbocycles. The Morgan fingerprint density at radius 2 is 1.88 bits per heavy atom. The molecule has 1 N–H and O–H groups in total. The first-order valence-electron chi connectivity index (χ1n) is 12.1. The molecule has 0 spiro atoms. The van der Waals surface area contributed by atoms with Crippen LogP contribution < -0.4 is 18.9 Å². The normalized spacial score (nSPS) is 11.9. The molecule has 40 heavy (non-hydrogen) atoms. The number of pyridine rings is 1. The third kappa shape index (κ3) is 9.96. The Bertz CT molecular complexity index is 1230. The zero-order chi connectivity index (χ0) is 29.9. The number of carbonyl (C=O) groups is 1. The van der Waals surface area contributed by atoms with E-state index in [0.29, 0.717) is 16.6 Å². The van der Waals surface area contributed by atoms with Crippen molar-refractivity contribution in [3.8, 4) is 23.1 Å². The van der Waals surface area contributed by atoms with Gasteiger partial charge in [0.25, 0.3) is 0 Å². The van der Waals surface area contributed by atoms with Gasteiger partial charge in [-0.15, -0.1) is 0 Å². The van der Waals surface area contributed by atoms with Crippen molar-refractivity contribution in [3.63, 3.8) is 0 Å². The molecular weight excluding hydrogens is 583 g/mol. The predicted octanol–water partition coefficient (Wildman–Crippen LogP) is 5.04. The molecular formula is C24H31ClF3N3O8S. The Kier molecular flexibility index (Phi) is 12.7. The molecule has 1 aromatic heterocycles. The molecule has 0 saturated heterocycles. The fourth-order valence-corrected chi connectivity index (χ4v) is 4.34. The molecule has 2 aromatic rings. The molecule has 11 nitrogen and oxygen atoms in total. The highest BCUT2D eigenvalue weighted by molar-refractivity contribution is 7.87. The molecule has 0 unspecified atom stereocenters. The van der Waals surface area contributed by atoms with Gasteiger partial charge in [0.05, 0.1) is 24.9 Å². The molecule has 0 fully saturated rings. The van der Waals surface area contributed by atoms with Crippen molar-refractivity contribution in [3.05, 3.63) is 41.0 Å². The van der Waals surface area contributed by atoms with Crippen LogP contribution in [0.4, 0.5) is 18.0 Å². The van der Waals surface area contributed by atoms with E-state index in [4.69, 9.17) is 35.3 Å². The summed E-state index contributed by atoms with van der Waals surface area (Å²) in [6, 6.07) is 4.79. The Morgan fingerprint density at radius 3 is 2.48 bits per heavy atom. The average Bonchev–Trinajstić information content (AvgIpc) is 2.87. The largest absolute Gasteiger partial charge is 0.487 e. The number of hydrogen-bond acceptors (Lipinski definition) is 9. The average molecular weight is 614 g/mol. The second kappa shape index (κ2) is 15.2. The number of ether oxygens (including phenoxy) is 5. The first kappa shape index (κ1) is 33.4. The van der Waals surface area contributed by atoms with Crippen molar-refractivity contribution < 1.29 is 50.1 Å². The smallest absolute Gasteiger partial charge is 0.430 e.